The molecule has 1 aliphatic heterocycles. The smallest absolute Gasteiger partial charge is 0.254 e. The van der Waals surface area contributed by atoms with Crippen molar-refractivity contribution in [1.82, 2.24) is 14.9 Å². The number of carbonyl (C=O) groups is 1. The monoisotopic (exact) mass is 391 g/mol. The lowest BCUT2D eigenvalue weighted by Crippen LogP contribution is -2.39. The summed E-state index contributed by atoms with van der Waals surface area (Å²) >= 11 is 1.41. The number of nitrogens with zero attached hydrogens (tertiary/aromatic N) is 2. The van der Waals surface area contributed by atoms with Gasteiger partial charge >= 0.3 is 0 Å². The van der Waals surface area contributed by atoms with Gasteiger partial charge in [-0.15, -0.1) is 0 Å². The van der Waals surface area contributed by atoms with Gasteiger partial charge in [0.15, 0.2) is 16.7 Å². The predicted molar refractivity (Wildman–Crippen MR) is 101 cm³/mol. The van der Waals surface area contributed by atoms with E-state index in [2.05, 4.69) is 10.3 Å². The molecule has 2 heterocycles. The average Bonchev–Trinajstić information content (AvgIpc) is 2.71. The van der Waals surface area contributed by atoms with Gasteiger partial charge in [0.1, 0.15) is 0 Å². The van der Waals surface area contributed by atoms with E-state index in [4.69, 9.17) is 14.2 Å². The standard InChI is InChI=1S/C18H21N3O5S/c1-24-13-6-11(7-14(25-2)16(13)26-3)8-20-17(23)12-9-21-15(22)4-5-19-18(21)27-10-12/h4-7,12H,8-10H2,1-3H3,(H,20,23). The number of nitrogens with one attached hydrogen (secondary N) is 1. The van der Waals surface area contributed by atoms with E-state index in [1.807, 2.05) is 0 Å². The minimum absolute atomic E-state index is 0.113. The summed E-state index contributed by atoms with van der Waals surface area (Å²) in [5.74, 6) is 1.73. The van der Waals surface area contributed by atoms with Crippen molar-refractivity contribution in [1.29, 1.82) is 0 Å². The maximum Gasteiger partial charge on any atom is 0.254 e. The minimum Gasteiger partial charge on any atom is -0.493 e. The second kappa shape index (κ2) is 8.34. The number of carbonyl (C=O) groups excluding carboxylic acids is 1. The van der Waals surface area contributed by atoms with E-state index in [1.165, 1.54) is 35.7 Å². The minimum atomic E-state index is -0.300. The Morgan fingerprint density at radius 1 is 1.26 bits per heavy atom. The Hall–Kier alpha value is -2.68. The molecule has 0 radical (unpaired) electrons. The molecular formula is C18H21N3O5S. The van der Waals surface area contributed by atoms with E-state index in [9.17, 15) is 9.59 Å². The van der Waals surface area contributed by atoms with E-state index in [-0.39, 0.29) is 17.4 Å². The van der Waals surface area contributed by atoms with E-state index in [0.717, 1.165) is 5.56 Å². The maximum atomic E-state index is 12.6. The molecule has 1 aromatic heterocycles. The lowest BCUT2D eigenvalue weighted by Gasteiger charge is -2.24. The quantitative estimate of drug-likeness (QED) is 0.742. The number of fused-ring (bicyclic) bond motifs is 1. The Balaban J connectivity index is 1.69. The van der Waals surface area contributed by atoms with Crippen LogP contribution in [-0.2, 0) is 17.9 Å². The van der Waals surface area contributed by atoms with Crippen LogP contribution in [0.2, 0.25) is 0 Å². The van der Waals surface area contributed by atoms with Crippen molar-refractivity contribution in [3.8, 4) is 17.2 Å². The van der Waals surface area contributed by atoms with Crippen molar-refractivity contribution in [2.75, 3.05) is 27.1 Å². The molecule has 1 unspecified atom stereocenters. The molecule has 2 aromatic rings. The van der Waals surface area contributed by atoms with E-state index in [0.29, 0.717) is 41.2 Å². The second-order valence-corrected chi connectivity index (χ2v) is 6.92. The number of benzene rings is 1. The molecule has 1 aliphatic rings. The summed E-state index contributed by atoms with van der Waals surface area (Å²) in [5.41, 5.74) is 0.676. The molecule has 144 valence electrons. The van der Waals surface area contributed by atoms with E-state index >= 15 is 0 Å². The first kappa shape index (κ1) is 19.1. The van der Waals surface area contributed by atoms with Crippen molar-refractivity contribution in [2.24, 2.45) is 5.92 Å². The Morgan fingerprint density at radius 3 is 2.59 bits per heavy atom. The molecule has 0 saturated carbocycles. The average molecular weight is 391 g/mol. The maximum absolute atomic E-state index is 12.6. The number of amides is 1. The normalized spacial score (nSPS) is 15.6. The predicted octanol–water partition coefficient (Wildman–Crippen LogP) is 1.31. The highest BCUT2D eigenvalue weighted by Crippen LogP contribution is 2.38. The molecule has 3 rings (SSSR count). The molecule has 0 saturated heterocycles. The summed E-state index contributed by atoms with van der Waals surface area (Å²) < 4.78 is 17.5. The zero-order chi connectivity index (χ0) is 19.4. The van der Waals surface area contributed by atoms with Crippen molar-refractivity contribution < 1.29 is 19.0 Å². The van der Waals surface area contributed by atoms with Crippen LogP contribution in [0.15, 0.2) is 34.3 Å². The second-order valence-electron chi connectivity index (χ2n) is 5.94. The summed E-state index contributed by atoms with van der Waals surface area (Å²) in [6.45, 7) is 0.640. The van der Waals surface area contributed by atoms with Gasteiger partial charge in [-0.2, -0.15) is 0 Å². The van der Waals surface area contributed by atoms with Gasteiger partial charge in [0.2, 0.25) is 11.7 Å². The highest BCUT2D eigenvalue weighted by molar-refractivity contribution is 7.99. The Labute approximate surface area is 160 Å². The van der Waals surface area contributed by atoms with Gasteiger partial charge in [-0.05, 0) is 17.7 Å². The molecule has 0 aliphatic carbocycles. The number of rotatable bonds is 6. The van der Waals surface area contributed by atoms with Crippen LogP contribution < -0.4 is 25.1 Å². The molecule has 1 atom stereocenters. The first-order chi connectivity index (χ1) is 13.1. The SMILES string of the molecule is COc1cc(CNC(=O)C2CSc3nccc(=O)n3C2)cc(OC)c1OC. The zero-order valence-electron chi connectivity index (χ0n) is 15.4. The molecule has 1 aromatic carbocycles. The lowest BCUT2D eigenvalue weighted by atomic mass is 10.1. The summed E-state index contributed by atoms with van der Waals surface area (Å²) in [6.07, 6.45) is 1.49. The van der Waals surface area contributed by atoms with Crippen molar-refractivity contribution in [3.05, 3.63) is 40.3 Å². The summed E-state index contributed by atoms with van der Waals surface area (Å²) in [7, 11) is 4.63. The van der Waals surface area contributed by atoms with Crippen LogP contribution in [0.3, 0.4) is 0 Å². The van der Waals surface area contributed by atoms with Gasteiger partial charge in [0.05, 0.1) is 27.2 Å². The van der Waals surface area contributed by atoms with Gasteiger partial charge in [0.25, 0.3) is 5.56 Å². The zero-order valence-corrected chi connectivity index (χ0v) is 16.2. The third-order valence-corrected chi connectivity index (χ3v) is 5.43. The first-order valence-electron chi connectivity index (χ1n) is 8.32. The largest absolute Gasteiger partial charge is 0.493 e. The number of hydrogen-bond acceptors (Lipinski definition) is 7. The van der Waals surface area contributed by atoms with Crippen molar-refractivity contribution >= 4 is 17.7 Å². The van der Waals surface area contributed by atoms with Crippen LogP contribution >= 0.6 is 11.8 Å². The molecule has 9 heteroatoms. The van der Waals surface area contributed by atoms with Crippen molar-refractivity contribution in [2.45, 2.75) is 18.2 Å². The summed E-state index contributed by atoms with van der Waals surface area (Å²) in [6, 6.07) is 4.99. The van der Waals surface area contributed by atoms with E-state index in [1.54, 1.807) is 26.4 Å². The van der Waals surface area contributed by atoms with Gasteiger partial charge in [0, 0.05) is 31.1 Å². The molecule has 8 nitrogen and oxygen atoms in total. The Morgan fingerprint density at radius 2 is 1.96 bits per heavy atom. The van der Waals surface area contributed by atoms with Crippen LogP contribution in [0, 0.1) is 5.92 Å². The third-order valence-electron chi connectivity index (χ3n) is 4.28. The topological polar surface area (TPSA) is 91.7 Å². The highest BCUT2D eigenvalue weighted by Gasteiger charge is 2.26. The van der Waals surface area contributed by atoms with Crippen LogP contribution in [0.1, 0.15) is 5.56 Å². The third kappa shape index (κ3) is 4.02. The van der Waals surface area contributed by atoms with Crippen LogP contribution in [0.5, 0.6) is 17.2 Å². The van der Waals surface area contributed by atoms with Gasteiger partial charge in [-0.3, -0.25) is 14.2 Å². The molecule has 0 spiro atoms. The fraction of sp³-hybridized carbons (Fsp3) is 0.389. The van der Waals surface area contributed by atoms with Crippen LogP contribution in [-0.4, -0.2) is 42.5 Å². The van der Waals surface area contributed by atoms with Gasteiger partial charge < -0.3 is 19.5 Å². The van der Waals surface area contributed by atoms with E-state index < -0.39 is 0 Å². The number of hydrogen-bond donors (Lipinski definition) is 1. The summed E-state index contributed by atoms with van der Waals surface area (Å²) in [4.78, 5) is 28.7. The molecule has 0 fully saturated rings. The molecule has 27 heavy (non-hydrogen) atoms. The molecule has 0 bridgehead atoms. The molecule has 1 amide bonds. The van der Waals surface area contributed by atoms with Crippen molar-refractivity contribution in [3.63, 3.8) is 0 Å². The fourth-order valence-corrected chi connectivity index (χ4v) is 3.94. The number of aromatic nitrogens is 2. The fourth-order valence-electron chi connectivity index (χ4n) is 2.88. The number of thioether (sulfide) groups is 1. The Kier molecular flexibility index (Phi) is 5.90. The first-order valence-corrected chi connectivity index (χ1v) is 9.31. The number of methoxy groups -OCH3 is 3. The Bertz CT molecular complexity index is 874. The molecule has 1 N–H and O–H groups in total. The van der Waals surface area contributed by atoms with Gasteiger partial charge in [-0.25, -0.2) is 4.98 Å². The van der Waals surface area contributed by atoms with Crippen LogP contribution in [0.4, 0.5) is 0 Å². The lowest BCUT2D eigenvalue weighted by molar-refractivity contribution is -0.125. The number of ether oxygens (including phenoxy) is 3. The van der Waals surface area contributed by atoms with Gasteiger partial charge in [-0.1, -0.05) is 11.8 Å². The summed E-state index contributed by atoms with van der Waals surface area (Å²) in [5, 5.41) is 3.57. The highest BCUT2D eigenvalue weighted by atomic mass is 32.2. The van der Waals surface area contributed by atoms with Crippen LogP contribution in [0.25, 0.3) is 0 Å². The molecular weight excluding hydrogens is 370 g/mol.